The van der Waals surface area contributed by atoms with Crippen LogP contribution < -0.4 is 0 Å². The van der Waals surface area contributed by atoms with E-state index in [4.69, 9.17) is 5.11 Å². The van der Waals surface area contributed by atoms with Crippen LogP contribution in [-0.4, -0.2) is 11.7 Å². The summed E-state index contributed by atoms with van der Waals surface area (Å²) in [5, 5.41) is 8.68. The number of hydrogen-bond acceptors (Lipinski definition) is 1. The molecule has 1 aromatic rings. The van der Waals surface area contributed by atoms with E-state index >= 15 is 0 Å². The molecule has 0 aliphatic carbocycles. The van der Waals surface area contributed by atoms with Crippen LogP contribution in [0, 0.1) is 6.92 Å². The van der Waals surface area contributed by atoms with Gasteiger partial charge < -0.3 is 5.11 Å². The standard InChI is InChI=1S/C13H18F2O/c1-9-5-10(12(2,3)4)7-11(6-9)13(14,15)8-16/h5-7,16H,8H2,1-4H3. The molecule has 0 atom stereocenters. The van der Waals surface area contributed by atoms with E-state index in [0.717, 1.165) is 11.1 Å². The Morgan fingerprint density at radius 1 is 1.06 bits per heavy atom. The van der Waals surface area contributed by atoms with Gasteiger partial charge in [-0.1, -0.05) is 38.5 Å². The number of benzene rings is 1. The van der Waals surface area contributed by atoms with Crippen LogP contribution in [0.15, 0.2) is 18.2 Å². The summed E-state index contributed by atoms with van der Waals surface area (Å²) >= 11 is 0. The molecule has 16 heavy (non-hydrogen) atoms. The molecule has 0 aliphatic heterocycles. The van der Waals surface area contributed by atoms with Gasteiger partial charge in [-0.05, 0) is 24.0 Å². The van der Waals surface area contributed by atoms with E-state index < -0.39 is 12.5 Å². The Morgan fingerprint density at radius 2 is 1.56 bits per heavy atom. The zero-order valence-electron chi connectivity index (χ0n) is 10.1. The Balaban J connectivity index is 3.29. The minimum Gasteiger partial charge on any atom is -0.390 e. The van der Waals surface area contributed by atoms with E-state index in [9.17, 15) is 8.78 Å². The maximum Gasteiger partial charge on any atom is 0.295 e. The maximum atomic E-state index is 13.4. The molecule has 0 saturated heterocycles. The fraction of sp³-hybridized carbons (Fsp3) is 0.538. The molecule has 0 heterocycles. The lowest BCUT2D eigenvalue weighted by Gasteiger charge is -2.23. The van der Waals surface area contributed by atoms with Crippen molar-refractivity contribution in [2.45, 2.75) is 39.0 Å². The van der Waals surface area contributed by atoms with Gasteiger partial charge in [0.1, 0.15) is 6.61 Å². The Hall–Kier alpha value is -0.960. The van der Waals surface area contributed by atoms with Crippen LogP contribution in [0.3, 0.4) is 0 Å². The number of aliphatic hydroxyl groups is 1. The van der Waals surface area contributed by atoms with Crippen LogP contribution in [0.4, 0.5) is 8.78 Å². The number of aliphatic hydroxyl groups excluding tert-OH is 1. The number of aryl methyl sites for hydroxylation is 1. The first-order valence-electron chi connectivity index (χ1n) is 5.28. The Labute approximate surface area is 95.1 Å². The summed E-state index contributed by atoms with van der Waals surface area (Å²) in [6.45, 7) is 6.56. The first-order valence-corrected chi connectivity index (χ1v) is 5.28. The number of hydrogen-bond donors (Lipinski definition) is 1. The number of rotatable bonds is 2. The molecule has 90 valence electrons. The molecular weight excluding hydrogens is 210 g/mol. The first-order chi connectivity index (χ1) is 7.16. The summed E-state index contributed by atoms with van der Waals surface area (Å²) in [6.07, 6.45) is 0. The van der Waals surface area contributed by atoms with Crippen molar-refractivity contribution in [1.29, 1.82) is 0 Å². The second-order valence-electron chi connectivity index (χ2n) is 5.20. The van der Waals surface area contributed by atoms with Gasteiger partial charge in [-0.2, -0.15) is 8.78 Å². The summed E-state index contributed by atoms with van der Waals surface area (Å²) < 4.78 is 26.8. The highest BCUT2D eigenvalue weighted by molar-refractivity contribution is 5.35. The molecule has 1 nitrogen and oxygen atoms in total. The van der Waals surface area contributed by atoms with Gasteiger partial charge in [-0.25, -0.2) is 0 Å². The fourth-order valence-corrected chi connectivity index (χ4v) is 1.52. The average Bonchev–Trinajstić information content (AvgIpc) is 2.15. The summed E-state index contributed by atoms with van der Waals surface area (Å²) in [6, 6.07) is 4.80. The first kappa shape index (κ1) is 13.1. The Morgan fingerprint density at radius 3 is 2.00 bits per heavy atom. The third-order valence-electron chi connectivity index (χ3n) is 2.56. The maximum absolute atomic E-state index is 13.4. The van der Waals surface area contributed by atoms with Crippen LogP contribution in [0.2, 0.25) is 0 Å². The average molecular weight is 228 g/mol. The largest absolute Gasteiger partial charge is 0.390 e. The highest BCUT2D eigenvalue weighted by atomic mass is 19.3. The normalized spacial score (nSPS) is 12.9. The van der Waals surface area contributed by atoms with Gasteiger partial charge in [0, 0.05) is 5.56 Å². The van der Waals surface area contributed by atoms with E-state index in [2.05, 4.69) is 0 Å². The Bertz CT molecular complexity index is 378. The van der Waals surface area contributed by atoms with E-state index in [1.165, 1.54) is 12.1 Å². The molecule has 1 rings (SSSR count). The van der Waals surface area contributed by atoms with Crippen molar-refractivity contribution >= 4 is 0 Å². The van der Waals surface area contributed by atoms with Crippen LogP contribution >= 0.6 is 0 Å². The SMILES string of the molecule is Cc1cc(C(C)(C)C)cc(C(F)(F)CO)c1. The van der Waals surface area contributed by atoms with Gasteiger partial charge in [0.05, 0.1) is 0 Å². The van der Waals surface area contributed by atoms with Gasteiger partial charge in [0.15, 0.2) is 0 Å². The lowest BCUT2D eigenvalue weighted by atomic mass is 9.84. The highest BCUT2D eigenvalue weighted by Gasteiger charge is 2.31. The van der Waals surface area contributed by atoms with Crippen LogP contribution in [-0.2, 0) is 11.3 Å². The Kier molecular flexibility index (Phi) is 3.38. The summed E-state index contributed by atoms with van der Waals surface area (Å²) in [7, 11) is 0. The molecule has 0 aromatic heterocycles. The van der Waals surface area contributed by atoms with Gasteiger partial charge >= 0.3 is 0 Å². The van der Waals surface area contributed by atoms with E-state index in [1.807, 2.05) is 26.8 Å². The molecule has 3 heteroatoms. The quantitative estimate of drug-likeness (QED) is 0.822. The minimum absolute atomic E-state index is 0.111. The topological polar surface area (TPSA) is 20.2 Å². The minimum atomic E-state index is -3.16. The highest BCUT2D eigenvalue weighted by Crippen LogP contribution is 2.32. The third-order valence-corrected chi connectivity index (χ3v) is 2.56. The second kappa shape index (κ2) is 4.13. The van der Waals surface area contributed by atoms with Crippen molar-refractivity contribution in [1.82, 2.24) is 0 Å². The van der Waals surface area contributed by atoms with E-state index in [-0.39, 0.29) is 11.0 Å². The molecular formula is C13H18F2O. The van der Waals surface area contributed by atoms with Crippen molar-refractivity contribution in [3.8, 4) is 0 Å². The lowest BCUT2D eigenvalue weighted by Crippen LogP contribution is -2.20. The summed E-state index contributed by atoms with van der Waals surface area (Å²) in [4.78, 5) is 0. The van der Waals surface area contributed by atoms with Crippen molar-refractivity contribution in [3.63, 3.8) is 0 Å². The molecule has 0 amide bonds. The molecule has 0 unspecified atom stereocenters. The van der Waals surface area contributed by atoms with Crippen molar-refractivity contribution in [3.05, 3.63) is 34.9 Å². The number of halogens is 2. The predicted molar refractivity (Wildman–Crippen MR) is 60.9 cm³/mol. The fourth-order valence-electron chi connectivity index (χ4n) is 1.52. The predicted octanol–water partition coefficient (Wildman–Crippen LogP) is 3.38. The van der Waals surface area contributed by atoms with E-state index in [1.54, 1.807) is 6.92 Å². The van der Waals surface area contributed by atoms with Crippen LogP contribution in [0.25, 0.3) is 0 Å². The molecule has 1 aromatic carbocycles. The van der Waals surface area contributed by atoms with Crippen molar-refractivity contribution < 1.29 is 13.9 Å². The molecule has 0 aliphatic rings. The van der Waals surface area contributed by atoms with Crippen LogP contribution in [0.1, 0.15) is 37.5 Å². The molecule has 0 radical (unpaired) electrons. The zero-order valence-corrected chi connectivity index (χ0v) is 10.1. The van der Waals surface area contributed by atoms with E-state index in [0.29, 0.717) is 0 Å². The third kappa shape index (κ3) is 2.79. The second-order valence-corrected chi connectivity index (χ2v) is 5.20. The van der Waals surface area contributed by atoms with Crippen LogP contribution in [0.5, 0.6) is 0 Å². The van der Waals surface area contributed by atoms with Gasteiger partial charge in [0.2, 0.25) is 0 Å². The van der Waals surface area contributed by atoms with Gasteiger partial charge in [-0.15, -0.1) is 0 Å². The molecule has 0 spiro atoms. The molecule has 0 saturated carbocycles. The van der Waals surface area contributed by atoms with Crippen molar-refractivity contribution in [2.24, 2.45) is 0 Å². The summed E-state index contributed by atoms with van der Waals surface area (Å²) in [5.41, 5.74) is 1.36. The lowest BCUT2D eigenvalue weighted by molar-refractivity contribution is -0.0557. The van der Waals surface area contributed by atoms with Gasteiger partial charge in [-0.3, -0.25) is 0 Å². The molecule has 0 bridgehead atoms. The molecule has 1 N–H and O–H groups in total. The van der Waals surface area contributed by atoms with Gasteiger partial charge in [0.25, 0.3) is 5.92 Å². The molecule has 0 fully saturated rings. The zero-order chi connectivity index (χ0) is 12.6. The summed E-state index contributed by atoms with van der Waals surface area (Å²) in [5.74, 6) is -3.16. The monoisotopic (exact) mass is 228 g/mol. The van der Waals surface area contributed by atoms with Crippen molar-refractivity contribution in [2.75, 3.05) is 6.61 Å². The smallest absolute Gasteiger partial charge is 0.295 e. The number of alkyl halides is 2.